The van der Waals surface area contributed by atoms with Gasteiger partial charge in [0, 0.05) is 6.54 Å². The van der Waals surface area contributed by atoms with Crippen molar-refractivity contribution in [1.82, 2.24) is 5.32 Å². The topological polar surface area (TPSA) is 56.8 Å². The number of para-hydroxylation sites is 1. The number of carbonyl (C=O) groups excluding carboxylic acids is 1. The molecule has 0 aliphatic carbocycles. The molecule has 0 fully saturated rings. The van der Waals surface area contributed by atoms with Gasteiger partial charge in [0.05, 0.1) is 13.0 Å². The van der Waals surface area contributed by atoms with Crippen molar-refractivity contribution >= 4 is 5.91 Å². The molecule has 0 spiro atoms. The molecule has 0 aromatic heterocycles. The van der Waals surface area contributed by atoms with E-state index in [1.54, 1.807) is 7.11 Å². The Morgan fingerprint density at radius 2 is 1.77 bits per heavy atom. The van der Waals surface area contributed by atoms with Gasteiger partial charge < -0.3 is 19.5 Å². The summed E-state index contributed by atoms with van der Waals surface area (Å²) in [6, 6.07) is 23.5. The van der Waals surface area contributed by atoms with Crippen molar-refractivity contribution in [3.05, 3.63) is 89.5 Å². The summed E-state index contributed by atoms with van der Waals surface area (Å²) in [5, 5.41) is 3.02. The molecule has 1 heterocycles. The first-order valence-corrected chi connectivity index (χ1v) is 10.0. The van der Waals surface area contributed by atoms with Crippen LogP contribution in [0.3, 0.4) is 0 Å². The Morgan fingerprint density at radius 3 is 2.53 bits per heavy atom. The zero-order valence-electron chi connectivity index (χ0n) is 17.0. The molecule has 1 amide bonds. The predicted molar refractivity (Wildman–Crippen MR) is 115 cm³/mol. The fourth-order valence-electron chi connectivity index (χ4n) is 3.44. The first kappa shape index (κ1) is 19.8. The lowest BCUT2D eigenvalue weighted by molar-refractivity contribution is -0.126. The summed E-state index contributed by atoms with van der Waals surface area (Å²) in [5.41, 5.74) is 3.13. The average molecular weight is 403 g/mol. The Kier molecular flexibility index (Phi) is 6.18. The first-order chi connectivity index (χ1) is 14.7. The third-order valence-corrected chi connectivity index (χ3v) is 5.18. The van der Waals surface area contributed by atoms with Gasteiger partial charge in [0.2, 0.25) is 5.91 Å². The van der Waals surface area contributed by atoms with Crippen LogP contribution in [0.2, 0.25) is 0 Å². The van der Waals surface area contributed by atoms with Crippen LogP contribution in [0, 0.1) is 5.92 Å². The van der Waals surface area contributed by atoms with Crippen molar-refractivity contribution in [2.75, 3.05) is 13.7 Å². The summed E-state index contributed by atoms with van der Waals surface area (Å²) in [4.78, 5) is 12.6. The molecule has 1 atom stereocenters. The van der Waals surface area contributed by atoms with E-state index < -0.39 is 0 Å². The van der Waals surface area contributed by atoms with Gasteiger partial charge >= 0.3 is 0 Å². The van der Waals surface area contributed by atoms with E-state index in [-0.39, 0.29) is 11.8 Å². The number of nitrogens with one attached hydrogen (secondary N) is 1. The molecule has 0 bridgehead atoms. The molecular weight excluding hydrogens is 378 g/mol. The highest BCUT2D eigenvalue weighted by molar-refractivity contribution is 5.79. The Balaban J connectivity index is 1.27. The molecule has 0 saturated carbocycles. The second-order valence-corrected chi connectivity index (χ2v) is 7.32. The fraction of sp³-hybridized carbons (Fsp3) is 0.240. The lowest BCUT2D eigenvalue weighted by atomic mass is 9.95. The molecule has 3 aromatic rings. The summed E-state index contributed by atoms with van der Waals surface area (Å²) < 4.78 is 16.8. The highest BCUT2D eigenvalue weighted by Crippen LogP contribution is 2.30. The van der Waals surface area contributed by atoms with Gasteiger partial charge in [-0.2, -0.15) is 0 Å². The van der Waals surface area contributed by atoms with Gasteiger partial charge in [0.15, 0.2) is 0 Å². The molecule has 0 radical (unpaired) electrons. The van der Waals surface area contributed by atoms with Crippen molar-refractivity contribution in [2.45, 2.75) is 19.6 Å². The van der Waals surface area contributed by atoms with Gasteiger partial charge in [-0.25, -0.2) is 0 Å². The van der Waals surface area contributed by atoms with E-state index in [9.17, 15) is 4.79 Å². The zero-order valence-corrected chi connectivity index (χ0v) is 17.0. The van der Waals surface area contributed by atoms with Crippen molar-refractivity contribution in [2.24, 2.45) is 5.92 Å². The molecule has 1 N–H and O–H groups in total. The van der Waals surface area contributed by atoms with E-state index in [0.717, 1.165) is 33.9 Å². The highest BCUT2D eigenvalue weighted by Gasteiger charge is 2.26. The number of hydrogen-bond acceptors (Lipinski definition) is 4. The van der Waals surface area contributed by atoms with E-state index in [4.69, 9.17) is 14.2 Å². The Morgan fingerprint density at radius 1 is 1.00 bits per heavy atom. The van der Waals surface area contributed by atoms with E-state index in [2.05, 4.69) is 5.32 Å². The summed E-state index contributed by atoms with van der Waals surface area (Å²) >= 11 is 0. The average Bonchev–Trinajstić information content (AvgIpc) is 2.81. The minimum Gasteiger partial charge on any atom is -0.497 e. The second-order valence-electron chi connectivity index (χ2n) is 7.32. The predicted octanol–water partition coefficient (Wildman–Crippen LogP) is 4.14. The van der Waals surface area contributed by atoms with E-state index >= 15 is 0 Å². The quantitative estimate of drug-likeness (QED) is 0.644. The maximum atomic E-state index is 12.6. The maximum Gasteiger partial charge on any atom is 0.227 e. The summed E-state index contributed by atoms with van der Waals surface area (Å²) in [5.74, 6) is 2.24. The van der Waals surface area contributed by atoms with Crippen LogP contribution in [0.25, 0.3) is 0 Å². The van der Waals surface area contributed by atoms with Gasteiger partial charge in [-0.15, -0.1) is 0 Å². The Hall–Kier alpha value is -3.47. The summed E-state index contributed by atoms with van der Waals surface area (Å²) in [6.45, 7) is 1.39. The molecule has 3 aromatic carbocycles. The molecule has 5 nitrogen and oxygen atoms in total. The van der Waals surface area contributed by atoms with Crippen molar-refractivity contribution in [3.8, 4) is 17.2 Å². The van der Waals surface area contributed by atoms with Crippen LogP contribution in [-0.4, -0.2) is 19.6 Å². The van der Waals surface area contributed by atoms with E-state index in [1.165, 1.54) is 0 Å². The monoisotopic (exact) mass is 403 g/mol. The largest absolute Gasteiger partial charge is 0.497 e. The van der Waals surface area contributed by atoms with E-state index in [0.29, 0.717) is 26.2 Å². The number of rotatable bonds is 7. The van der Waals surface area contributed by atoms with Crippen LogP contribution in [0.4, 0.5) is 0 Å². The highest BCUT2D eigenvalue weighted by atomic mass is 16.5. The third kappa shape index (κ3) is 4.92. The van der Waals surface area contributed by atoms with Crippen LogP contribution < -0.4 is 19.5 Å². The number of carbonyl (C=O) groups is 1. The molecule has 30 heavy (non-hydrogen) atoms. The van der Waals surface area contributed by atoms with Crippen LogP contribution in [0.5, 0.6) is 17.2 Å². The third-order valence-electron chi connectivity index (χ3n) is 5.18. The number of benzene rings is 3. The molecule has 1 aliphatic heterocycles. The van der Waals surface area contributed by atoms with Gasteiger partial charge in [-0.1, -0.05) is 42.5 Å². The second kappa shape index (κ2) is 9.35. The SMILES string of the molecule is COc1ccc2c(c1)CC(C(=O)NCc1ccc(COc3ccccc3)cc1)CO2. The van der Waals surface area contributed by atoms with Crippen LogP contribution >= 0.6 is 0 Å². The van der Waals surface area contributed by atoms with Crippen LogP contribution in [0.1, 0.15) is 16.7 Å². The smallest absolute Gasteiger partial charge is 0.227 e. The molecule has 1 aliphatic rings. The first-order valence-electron chi connectivity index (χ1n) is 10.0. The Bertz CT molecular complexity index is 986. The van der Waals surface area contributed by atoms with Gasteiger partial charge in [-0.3, -0.25) is 4.79 Å². The van der Waals surface area contributed by atoms with Crippen molar-refractivity contribution < 1.29 is 19.0 Å². The minimum absolute atomic E-state index is 0.0000395. The summed E-state index contributed by atoms with van der Waals surface area (Å²) in [7, 11) is 1.63. The van der Waals surface area contributed by atoms with E-state index in [1.807, 2.05) is 72.8 Å². The molecular formula is C25H25NO4. The zero-order chi connectivity index (χ0) is 20.8. The molecule has 1 unspecified atom stereocenters. The fourth-order valence-corrected chi connectivity index (χ4v) is 3.44. The molecule has 154 valence electrons. The normalized spacial score (nSPS) is 14.9. The standard InChI is InChI=1S/C25H25NO4/c1-28-23-11-12-24-20(14-23)13-21(17-30-24)25(27)26-15-18-7-9-19(10-8-18)16-29-22-5-3-2-4-6-22/h2-12,14,21H,13,15-17H2,1H3,(H,26,27). The maximum absolute atomic E-state index is 12.6. The van der Waals surface area contributed by atoms with Gasteiger partial charge in [0.1, 0.15) is 30.5 Å². The Labute approximate surface area is 176 Å². The van der Waals surface area contributed by atoms with Crippen LogP contribution in [-0.2, 0) is 24.4 Å². The lowest BCUT2D eigenvalue weighted by Gasteiger charge is -2.25. The summed E-state index contributed by atoms with van der Waals surface area (Å²) in [6.07, 6.45) is 0.647. The lowest BCUT2D eigenvalue weighted by Crippen LogP contribution is -2.37. The van der Waals surface area contributed by atoms with Crippen molar-refractivity contribution in [1.29, 1.82) is 0 Å². The van der Waals surface area contributed by atoms with Gasteiger partial charge in [-0.05, 0) is 53.4 Å². The number of hydrogen-bond donors (Lipinski definition) is 1. The molecule has 5 heteroatoms. The number of methoxy groups -OCH3 is 1. The number of ether oxygens (including phenoxy) is 3. The van der Waals surface area contributed by atoms with Gasteiger partial charge in [0.25, 0.3) is 0 Å². The van der Waals surface area contributed by atoms with Crippen LogP contribution in [0.15, 0.2) is 72.8 Å². The molecule has 4 rings (SSSR count). The molecule has 0 saturated heterocycles. The number of amides is 1. The minimum atomic E-state index is -0.205. The van der Waals surface area contributed by atoms with Crippen molar-refractivity contribution in [3.63, 3.8) is 0 Å². The number of fused-ring (bicyclic) bond motifs is 1.